The summed E-state index contributed by atoms with van der Waals surface area (Å²) in [5.41, 5.74) is 2.53. The summed E-state index contributed by atoms with van der Waals surface area (Å²) >= 11 is 0. The van der Waals surface area contributed by atoms with Crippen LogP contribution in [0.1, 0.15) is 16.7 Å². The van der Waals surface area contributed by atoms with Gasteiger partial charge < -0.3 is 15.4 Å². The van der Waals surface area contributed by atoms with Crippen LogP contribution >= 0.6 is 24.0 Å². The first kappa shape index (κ1) is 20.1. The minimum atomic E-state index is -0.198. The number of nitrogens with zero attached hydrogens (tertiary/aromatic N) is 2. The molecule has 0 amide bonds. The van der Waals surface area contributed by atoms with Crippen molar-refractivity contribution in [3.8, 4) is 5.88 Å². The average Bonchev–Trinajstić information content (AvgIpc) is 2.58. The highest BCUT2D eigenvalue weighted by molar-refractivity contribution is 14.0. The van der Waals surface area contributed by atoms with Gasteiger partial charge in [-0.25, -0.2) is 9.37 Å². The third kappa shape index (κ3) is 5.95. The number of aromatic nitrogens is 1. The number of guanidine groups is 1. The van der Waals surface area contributed by atoms with Crippen molar-refractivity contribution in [1.29, 1.82) is 0 Å². The van der Waals surface area contributed by atoms with Gasteiger partial charge in [0.15, 0.2) is 5.96 Å². The fourth-order valence-corrected chi connectivity index (χ4v) is 2.01. The molecule has 0 saturated carbocycles. The normalized spacial score (nSPS) is 10.8. The van der Waals surface area contributed by atoms with Crippen LogP contribution in [0.2, 0.25) is 0 Å². The molecule has 0 spiro atoms. The lowest BCUT2D eigenvalue weighted by atomic mass is 10.1. The van der Waals surface area contributed by atoms with Crippen LogP contribution < -0.4 is 15.4 Å². The number of benzene rings is 1. The van der Waals surface area contributed by atoms with Crippen LogP contribution in [-0.2, 0) is 13.1 Å². The van der Waals surface area contributed by atoms with Gasteiger partial charge in [-0.1, -0.05) is 12.1 Å². The standard InChI is InChI=1S/C17H21FN4O.HI/c1-12-4-5-13(8-15(12)18)10-21-17(19-2)22-11-14-6-7-20-16(9-14)23-3;/h4-9H,10-11H2,1-3H3,(H2,19,21,22);1H. The highest BCUT2D eigenvalue weighted by Crippen LogP contribution is 2.09. The number of nitrogens with one attached hydrogen (secondary N) is 2. The Kier molecular flexibility index (Phi) is 8.45. The minimum Gasteiger partial charge on any atom is -0.481 e. The highest BCUT2D eigenvalue weighted by Gasteiger charge is 2.03. The molecule has 0 saturated heterocycles. The van der Waals surface area contributed by atoms with Crippen LogP contribution in [0.15, 0.2) is 41.5 Å². The summed E-state index contributed by atoms with van der Waals surface area (Å²) < 4.78 is 18.6. The van der Waals surface area contributed by atoms with Crippen LogP contribution in [0.25, 0.3) is 0 Å². The van der Waals surface area contributed by atoms with E-state index >= 15 is 0 Å². The second-order valence-electron chi connectivity index (χ2n) is 5.07. The molecule has 1 aromatic carbocycles. The van der Waals surface area contributed by atoms with Crippen molar-refractivity contribution < 1.29 is 9.13 Å². The molecule has 1 aromatic heterocycles. The Balaban J connectivity index is 0.00000288. The number of hydrogen-bond donors (Lipinski definition) is 2. The van der Waals surface area contributed by atoms with Crippen LogP contribution in [-0.4, -0.2) is 25.1 Å². The highest BCUT2D eigenvalue weighted by atomic mass is 127. The van der Waals surface area contributed by atoms with Crippen molar-refractivity contribution in [3.63, 3.8) is 0 Å². The zero-order valence-corrected chi connectivity index (χ0v) is 16.3. The van der Waals surface area contributed by atoms with E-state index < -0.39 is 0 Å². The van der Waals surface area contributed by atoms with Crippen molar-refractivity contribution in [1.82, 2.24) is 15.6 Å². The molecular weight excluding hydrogens is 422 g/mol. The Bertz CT molecular complexity index is 694. The summed E-state index contributed by atoms with van der Waals surface area (Å²) in [4.78, 5) is 8.22. The molecule has 0 unspecified atom stereocenters. The maximum Gasteiger partial charge on any atom is 0.213 e. The molecule has 1 heterocycles. The van der Waals surface area contributed by atoms with Gasteiger partial charge in [0.25, 0.3) is 0 Å². The molecule has 130 valence electrons. The fourth-order valence-electron chi connectivity index (χ4n) is 2.01. The zero-order chi connectivity index (χ0) is 16.7. The van der Waals surface area contributed by atoms with E-state index in [1.165, 1.54) is 6.07 Å². The fraction of sp³-hybridized carbons (Fsp3) is 0.294. The molecule has 0 bridgehead atoms. The van der Waals surface area contributed by atoms with Crippen molar-refractivity contribution in [2.45, 2.75) is 20.0 Å². The first-order valence-electron chi connectivity index (χ1n) is 7.31. The number of methoxy groups -OCH3 is 1. The quantitative estimate of drug-likeness (QED) is 0.423. The molecule has 2 N–H and O–H groups in total. The van der Waals surface area contributed by atoms with Gasteiger partial charge >= 0.3 is 0 Å². The Morgan fingerprint density at radius 3 is 2.42 bits per heavy atom. The molecule has 7 heteroatoms. The van der Waals surface area contributed by atoms with Gasteiger partial charge in [0.05, 0.1) is 7.11 Å². The van der Waals surface area contributed by atoms with Gasteiger partial charge in [0, 0.05) is 32.4 Å². The molecule has 2 rings (SSSR count). The van der Waals surface area contributed by atoms with Gasteiger partial charge in [0.1, 0.15) is 5.82 Å². The Labute approximate surface area is 158 Å². The Morgan fingerprint density at radius 2 is 1.83 bits per heavy atom. The van der Waals surface area contributed by atoms with Gasteiger partial charge in [-0.15, -0.1) is 24.0 Å². The molecule has 24 heavy (non-hydrogen) atoms. The maximum absolute atomic E-state index is 13.5. The second-order valence-corrected chi connectivity index (χ2v) is 5.07. The summed E-state index contributed by atoms with van der Waals surface area (Å²) in [6.07, 6.45) is 1.70. The lowest BCUT2D eigenvalue weighted by molar-refractivity contribution is 0.397. The van der Waals surface area contributed by atoms with Gasteiger partial charge in [-0.2, -0.15) is 0 Å². The van der Waals surface area contributed by atoms with E-state index in [2.05, 4.69) is 20.6 Å². The largest absolute Gasteiger partial charge is 0.481 e. The smallest absolute Gasteiger partial charge is 0.213 e. The predicted molar refractivity (Wildman–Crippen MR) is 104 cm³/mol. The van der Waals surface area contributed by atoms with Crippen LogP contribution in [0.4, 0.5) is 4.39 Å². The number of ether oxygens (including phenoxy) is 1. The van der Waals surface area contributed by atoms with Crippen LogP contribution in [0.5, 0.6) is 5.88 Å². The minimum absolute atomic E-state index is 0. The zero-order valence-electron chi connectivity index (χ0n) is 14.0. The summed E-state index contributed by atoms with van der Waals surface area (Å²) in [5, 5.41) is 6.35. The van der Waals surface area contributed by atoms with E-state index in [0.717, 1.165) is 11.1 Å². The van der Waals surface area contributed by atoms with Crippen LogP contribution in [0, 0.1) is 12.7 Å². The van der Waals surface area contributed by atoms with Crippen LogP contribution in [0.3, 0.4) is 0 Å². The topological polar surface area (TPSA) is 58.5 Å². The first-order chi connectivity index (χ1) is 11.1. The molecule has 0 aliphatic carbocycles. The number of aryl methyl sites for hydroxylation is 1. The van der Waals surface area contributed by atoms with E-state index in [1.807, 2.05) is 18.2 Å². The lowest BCUT2D eigenvalue weighted by Gasteiger charge is -2.12. The number of pyridine rings is 1. The van der Waals surface area contributed by atoms with Crippen molar-refractivity contribution in [2.75, 3.05) is 14.2 Å². The second kappa shape index (κ2) is 10.1. The van der Waals surface area contributed by atoms with E-state index in [0.29, 0.717) is 30.5 Å². The molecular formula is C17H22FIN4O. The predicted octanol–water partition coefficient (Wildman–Crippen LogP) is 3.02. The van der Waals surface area contributed by atoms with E-state index in [1.54, 1.807) is 33.3 Å². The Morgan fingerprint density at radius 1 is 1.17 bits per heavy atom. The summed E-state index contributed by atoms with van der Waals surface area (Å²) in [5.74, 6) is 1.01. The van der Waals surface area contributed by atoms with E-state index in [-0.39, 0.29) is 29.8 Å². The average molecular weight is 444 g/mol. The van der Waals surface area contributed by atoms with Gasteiger partial charge in [-0.3, -0.25) is 4.99 Å². The summed E-state index contributed by atoms with van der Waals surface area (Å²) in [7, 11) is 3.28. The molecule has 0 radical (unpaired) electrons. The molecule has 2 aromatic rings. The third-order valence-corrected chi connectivity index (χ3v) is 3.39. The molecule has 0 fully saturated rings. The third-order valence-electron chi connectivity index (χ3n) is 3.39. The summed E-state index contributed by atoms with van der Waals surface area (Å²) in [6.45, 7) is 2.83. The number of rotatable bonds is 5. The molecule has 0 aliphatic rings. The number of halogens is 2. The molecule has 0 aliphatic heterocycles. The van der Waals surface area contributed by atoms with Gasteiger partial charge in [-0.05, 0) is 35.7 Å². The van der Waals surface area contributed by atoms with E-state index in [4.69, 9.17) is 4.74 Å². The lowest BCUT2D eigenvalue weighted by Crippen LogP contribution is -2.36. The van der Waals surface area contributed by atoms with Crippen molar-refractivity contribution >= 4 is 29.9 Å². The monoisotopic (exact) mass is 444 g/mol. The number of aliphatic imine (C=N–C) groups is 1. The van der Waals surface area contributed by atoms with Gasteiger partial charge in [0.2, 0.25) is 5.88 Å². The molecule has 0 atom stereocenters. The molecule has 5 nitrogen and oxygen atoms in total. The number of hydrogen-bond acceptors (Lipinski definition) is 3. The first-order valence-corrected chi connectivity index (χ1v) is 7.31. The van der Waals surface area contributed by atoms with E-state index in [9.17, 15) is 4.39 Å². The SMILES string of the molecule is CN=C(NCc1ccnc(OC)c1)NCc1ccc(C)c(F)c1.I. The summed E-state index contributed by atoms with van der Waals surface area (Å²) in [6, 6.07) is 8.95. The van der Waals surface area contributed by atoms with Crippen molar-refractivity contribution in [3.05, 3.63) is 59.0 Å². The maximum atomic E-state index is 13.5. The van der Waals surface area contributed by atoms with Crippen molar-refractivity contribution in [2.24, 2.45) is 4.99 Å². The Hall–Kier alpha value is -1.90.